The molecule has 6 heteroatoms. The van der Waals surface area contributed by atoms with E-state index in [1.807, 2.05) is 18.3 Å². The zero-order valence-corrected chi connectivity index (χ0v) is 12.0. The van der Waals surface area contributed by atoms with Gasteiger partial charge in [-0.15, -0.1) is 37.2 Å². The molecule has 1 aliphatic heterocycles. The van der Waals surface area contributed by atoms with Crippen molar-refractivity contribution in [1.29, 1.82) is 0 Å². The third-order valence-electron chi connectivity index (χ3n) is 2.59. The highest BCUT2D eigenvalue weighted by atomic mass is 35.5. The Morgan fingerprint density at radius 3 is 2.71 bits per heavy atom. The fraction of sp³-hybridized carbons (Fsp3) is 0.545. The minimum absolute atomic E-state index is 0. The van der Waals surface area contributed by atoms with Gasteiger partial charge in [-0.25, -0.2) is 0 Å². The molecule has 0 amide bonds. The Labute approximate surface area is 121 Å². The lowest BCUT2D eigenvalue weighted by atomic mass is 10.1. The molecule has 2 N–H and O–H groups in total. The maximum absolute atomic E-state index is 4.28. The number of piperidine rings is 1. The van der Waals surface area contributed by atoms with Gasteiger partial charge in [0.2, 0.25) is 0 Å². The van der Waals surface area contributed by atoms with Crippen LogP contribution in [-0.2, 0) is 6.54 Å². The molecular formula is C11H20Cl3N3. The maximum atomic E-state index is 4.28. The molecule has 1 aromatic rings. The quantitative estimate of drug-likeness (QED) is 0.898. The number of rotatable bonds is 3. The van der Waals surface area contributed by atoms with Crippen LogP contribution in [0.25, 0.3) is 0 Å². The lowest BCUT2D eigenvalue weighted by Crippen LogP contribution is -2.42. The molecule has 2 rings (SSSR count). The van der Waals surface area contributed by atoms with Crippen LogP contribution in [0.15, 0.2) is 24.4 Å². The van der Waals surface area contributed by atoms with Crippen molar-refractivity contribution in [3.05, 3.63) is 30.1 Å². The SMILES string of the molecule is Cl.Cl.Cl.c1ccc(CN[C@@H]2CCCNC2)nc1. The number of hydrogen-bond acceptors (Lipinski definition) is 3. The summed E-state index contributed by atoms with van der Waals surface area (Å²) >= 11 is 0. The van der Waals surface area contributed by atoms with E-state index >= 15 is 0 Å². The van der Waals surface area contributed by atoms with Crippen LogP contribution in [0.5, 0.6) is 0 Å². The third kappa shape index (κ3) is 7.06. The van der Waals surface area contributed by atoms with Crippen molar-refractivity contribution in [3.63, 3.8) is 0 Å². The van der Waals surface area contributed by atoms with Crippen LogP contribution >= 0.6 is 37.2 Å². The van der Waals surface area contributed by atoms with Gasteiger partial charge >= 0.3 is 0 Å². The van der Waals surface area contributed by atoms with Gasteiger partial charge in [0.25, 0.3) is 0 Å². The molecular weight excluding hydrogens is 281 g/mol. The average Bonchev–Trinajstić information content (AvgIpc) is 2.29. The first-order valence-corrected chi connectivity index (χ1v) is 5.29. The number of pyridine rings is 1. The highest BCUT2D eigenvalue weighted by molar-refractivity contribution is 5.86. The Morgan fingerprint density at radius 1 is 1.29 bits per heavy atom. The molecule has 2 heterocycles. The second kappa shape index (κ2) is 11.1. The number of aromatic nitrogens is 1. The summed E-state index contributed by atoms with van der Waals surface area (Å²) in [5.41, 5.74) is 1.12. The largest absolute Gasteiger partial charge is 0.315 e. The van der Waals surface area contributed by atoms with Crippen molar-refractivity contribution in [2.75, 3.05) is 13.1 Å². The molecule has 0 spiro atoms. The van der Waals surface area contributed by atoms with Gasteiger partial charge in [-0.05, 0) is 31.5 Å². The van der Waals surface area contributed by atoms with Crippen LogP contribution in [0.1, 0.15) is 18.5 Å². The molecule has 0 bridgehead atoms. The summed E-state index contributed by atoms with van der Waals surface area (Å²) in [7, 11) is 0. The molecule has 0 aromatic carbocycles. The zero-order chi connectivity index (χ0) is 9.64. The highest BCUT2D eigenvalue weighted by Gasteiger charge is 2.11. The molecule has 0 aliphatic carbocycles. The van der Waals surface area contributed by atoms with Crippen molar-refractivity contribution in [3.8, 4) is 0 Å². The van der Waals surface area contributed by atoms with Gasteiger partial charge in [0.05, 0.1) is 5.69 Å². The Morgan fingerprint density at radius 2 is 2.12 bits per heavy atom. The molecule has 0 saturated carbocycles. The van der Waals surface area contributed by atoms with E-state index < -0.39 is 0 Å². The number of halogens is 3. The molecule has 1 fully saturated rings. The Balaban J connectivity index is 0. The van der Waals surface area contributed by atoms with Crippen LogP contribution in [0, 0.1) is 0 Å². The molecule has 1 atom stereocenters. The predicted octanol–water partition coefficient (Wildman–Crippen LogP) is 2.19. The van der Waals surface area contributed by atoms with Gasteiger partial charge in [0, 0.05) is 25.3 Å². The fourth-order valence-electron chi connectivity index (χ4n) is 1.78. The first-order valence-electron chi connectivity index (χ1n) is 5.29. The van der Waals surface area contributed by atoms with Gasteiger partial charge in [0.1, 0.15) is 0 Å². The molecule has 17 heavy (non-hydrogen) atoms. The second-order valence-corrected chi connectivity index (χ2v) is 3.75. The zero-order valence-electron chi connectivity index (χ0n) is 9.59. The summed E-state index contributed by atoms with van der Waals surface area (Å²) < 4.78 is 0. The van der Waals surface area contributed by atoms with Gasteiger partial charge in [-0.1, -0.05) is 6.07 Å². The van der Waals surface area contributed by atoms with Crippen LogP contribution in [0.2, 0.25) is 0 Å². The number of hydrogen-bond donors (Lipinski definition) is 2. The lowest BCUT2D eigenvalue weighted by Gasteiger charge is -2.23. The molecule has 1 aliphatic rings. The van der Waals surface area contributed by atoms with Gasteiger partial charge in [-0.2, -0.15) is 0 Å². The van der Waals surface area contributed by atoms with Gasteiger partial charge in [0.15, 0.2) is 0 Å². The Kier molecular flexibility index (Phi) is 12.5. The molecule has 1 saturated heterocycles. The summed E-state index contributed by atoms with van der Waals surface area (Å²) in [4.78, 5) is 4.28. The summed E-state index contributed by atoms with van der Waals surface area (Å²) in [5, 5.41) is 6.90. The number of nitrogens with one attached hydrogen (secondary N) is 2. The summed E-state index contributed by atoms with van der Waals surface area (Å²) in [6.07, 6.45) is 4.40. The third-order valence-corrected chi connectivity index (χ3v) is 2.59. The monoisotopic (exact) mass is 299 g/mol. The first kappa shape index (κ1) is 19.3. The van der Waals surface area contributed by atoms with Crippen LogP contribution in [0.3, 0.4) is 0 Å². The Bertz CT molecular complexity index is 266. The van der Waals surface area contributed by atoms with Crippen molar-refractivity contribution >= 4 is 37.2 Å². The van der Waals surface area contributed by atoms with E-state index in [1.54, 1.807) is 0 Å². The van der Waals surface area contributed by atoms with Crippen molar-refractivity contribution in [1.82, 2.24) is 15.6 Å². The van der Waals surface area contributed by atoms with Crippen molar-refractivity contribution < 1.29 is 0 Å². The smallest absolute Gasteiger partial charge is 0.0541 e. The van der Waals surface area contributed by atoms with E-state index in [2.05, 4.69) is 21.7 Å². The normalized spacial score (nSPS) is 18.2. The van der Waals surface area contributed by atoms with E-state index in [4.69, 9.17) is 0 Å². The molecule has 3 nitrogen and oxygen atoms in total. The average molecular weight is 301 g/mol. The standard InChI is InChI=1S/C11H17N3.3ClH/c1-2-7-13-11(4-1)9-14-10-5-3-6-12-8-10;;;/h1-2,4,7,10,12,14H,3,5-6,8-9H2;3*1H/t10-;;;/m1.../s1. The minimum Gasteiger partial charge on any atom is -0.315 e. The predicted molar refractivity (Wildman–Crippen MR) is 78.7 cm³/mol. The molecule has 0 unspecified atom stereocenters. The summed E-state index contributed by atoms with van der Waals surface area (Å²) in [6.45, 7) is 3.14. The van der Waals surface area contributed by atoms with Crippen LogP contribution < -0.4 is 10.6 Å². The second-order valence-electron chi connectivity index (χ2n) is 3.75. The number of nitrogens with zero attached hydrogens (tertiary/aromatic N) is 1. The molecule has 1 aromatic heterocycles. The van der Waals surface area contributed by atoms with E-state index in [9.17, 15) is 0 Å². The van der Waals surface area contributed by atoms with Gasteiger partial charge < -0.3 is 10.6 Å². The first-order chi connectivity index (χ1) is 6.95. The summed E-state index contributed by atoms with van der Waals surface area (Å²) in [5.74, 6) is 0. The molecule has 0 radical (unpaired) electrons. The van der Waals surface area contributed by atoms with Crippen LogP contribution in [-0.4, -0.2) is 24.1 Å². The molecule has 100 valence electrons. The summed E-state index contributed by atoms with van der Waals surface area (Å²) in [6, 6.07) is 6.66. The lowest BCUT2D eigenvalue weighted by molar-refractivity contribution is 0.387. The van der Waals surface area contributed by atoms with Crippen molar-refractivity contribution in [2.24, 2.45) is 0 Å². The van der Waals surface area contributed by atoms with E-state index in [0.29, 0.717) is 6.04 Å². The van der Waals surface area contributed by atoms with E-state index in [1.165, 1.54) is 19.4 Å². The van der Waals surface area contributed by atoms with E-state index in [0.717, 1.165) is 18.8 Å². The fourth-order valence-corrected chi connectivity index (χ4v) is 1.78. The van der Waals surface area contributed by atoms with Crippen molar-refractivity contribution in [2.45, 2.75) is 25.4 Å². The van der Waals surface area contributed by atoms with Gasteiger partial charge in [-0.3, -0.25) is 4.98 Å². The Hall–Kier alpha value is -0.0600. The highest BCUT2D eigenvalue weighted by Crippen LogP contribution is 2.02. The minimum atomic E-state index is 0. The van der Waals surface area contributed by atoms with E-state index in [-0.39, 0.29) is 37.2 Å². The maximum Gasteiger partial charge on any atom is 0.0541 e. The topological polar surface area (TPSA) is 37.0 Å². The van der Waals surface area contributed by atoms with Crippen LogP contribution in [0.4, 0.5) is 0 Å².